The molecule has 0 bridgehead atoms. The van der Waals surface area contributed by atoms with Crippen LogP contribution in [0.1, 0.15) is 0 Å². The fraction of sp³-hybridized carbons (Fsp3) is 0. The van der Waals surface area contributed by atoms with Crippen molar-refractivity contribution < 1.29 is 4.79 Å². The molecule has 0 heterocycles. The molecule has 0 atom stereocenters. The van der Waals surface area contributed by atoms with Gasteiger partial charge in [0, 0.05) is 12.4 Å². The number of nitrogens with zero attached hydrogens (tertiary/aromatic N) is 1. The second-order valence-electron chi connectivity index (χ2n) is 0.918. The van der Waals surface area contributed by atoms with Crippen LogP contribution in [-0.4, -0.2) is 11.3 Å². The zero-order chi connectivity index (χ0) is 5.70. The first kappa shape index (κ1) is 5.95. The van der Waals surface area contributed by atoms with Crippen molar-refractivity contribution in [3.05, 3.63) is 25.6 Å². The van der Waals surface area contributed by atoms with Crippen molar-refractivity contribution in [1.82, 2.24) is 4.90 Å². The van der Waals surface area contributed by atoms with Crippen LogP contribution >= 0.6 is 0 Å². The molecule has 1 amide bonds. The van der Waals surface area contributed by atoms with Crippen LogP contribution in [0.2, 0.25) is 0 Å². The third-order valence-electron chi connectivity index (χ3n) is 0.543. The molecule has 2 nitrogen and oxygen atoms in total. The second-order valence-corrected chi connectivity index (χ2v) is 0.918. The molecule has 0 aliphatic heterocycles. The van der Waals surface area contributed by atoms with Gasteiger partial charge in [-0.15, -0.1) is 0 Å². The van der Waals surface area contributed by atoms with Gasteiger partial charge in [-0.3, -0.25) is 9.69 Å². The smallest absolute Gasteiger partial charge is 0.217 e. The van der Waals surface area contributed by atoms with Crippen molar-refractivity contribution in [2.75, 3.05) is 0 Å². The molecule has 0 radical (unpaired) electrons. The van der Waals surface area contributed by atoms with Gasteiger partial charge >= 0.3 is 0 Å². The molecule has 0 aliphatic rings. The summed E-state index contributed by atoms with van der Waals surface area (Å²) in [5.74, 6) is 0. The predicted molar refractivity (Wildman–Crippen MR) is 28.3 cm³/mol. The van der Waals surface area contributed by atoms with E-state index in [1.807, 2.05) is 0 Å². The maximum absolute atomic E-state index is 9.75. The van der Waals surface area contributed by atoms with E-state index < -0.39 is 0 Å². The standard InChI is InChI=1S/C5H7NO/c1-3-6(4-2)5-7/h3-5H,1-2H2. The normalized spacial score (nSPS) is 6.86. The molecule has 0 aliphatic carbocycles. The van der Waals surface area contributed by atoms with E-state index in [2.05, 4.69) is 13.2 Å². The van der Waals surface area contributed by atoms with E-state index >= 15 is 0 Å². The minimum Gasteiger partial charge on any atom is -0.298 e. The van der Waals surface area contributed by atoms with Gasteiger partial charge in [-0.05, 0) is 0 Å². The summed E-state index contributed by atoms with van der Waals surface area (Å²) in [5, 5.41) is 0. The Morgan fingerprint density at radius 2 is 1.71 bits per heavy atom. The topological polar surface area (TPSA) is 20.3 Å². The third-order valence-corrected chi connectivity index (χ3v) is 0.543. The summed E-state index contributed by atoms with van der Waals surface area (Å²) >= 11 is 0. The van der Waals surface area contributed by atoms with Crippen LogP contribution in [0.4, 0.5) is 0 Å². The summed E-state index contributed by atoms with van der Waals surface area (Å²) < 4.78 is 0. The Bertz CT molecular complexity index is 69.1. The minimum atomic E-state index is 0.625. The number of amides is 1. The van der Waals surface area contributed by atoms with E-state index in [0.717, 1.165) is 0 Å². The van der Waals surface area contributed by atoms with Crippen molar-refractivity contribution >= 4 is 6.41 Å². The molecule has 7 heavy (non-hydrogen) atoms. The molecule has 0 unspecified atom stereocenters. The quantitative estimate of drug-likeness (QED) is 0.475. The summed E-state index contributed by atoms with van der Waals surface area (Å²) in [6.07, 6.45) is 3.38. The van der Waals surface area contributed by atoms with Gasteiger partial charge in [0.1, 0.15) is 0 Å². The van der Waals surface area contributed by atoms with E-state index in [1.54, 1.807) is 0 Å². The van der Waals surface area contributed by atoms with Crippen LogP contribution in [0.5, 0.6) is 0 Å². The van der Waals surface area contributed by atoms with Crippen molar-refractivity contribution in [1.29, 1.82) is 0 Å². The number of hydrogen-bond acceptors (Lipinski definition) is 1. The van der Waals surface area contributed by atoms with Gasteiger partial charge in [-0.1, -0.05) is 13.2 Å². The number of hydrogen-bond donors (Lipinski definition) is 0. The summed E-state index contributed by atoms with van der Waals surface area (Å²) in [5.41, 5.74) is 0. The zero-order valence-electron chi connectivity index (χ0n) is 4.00. The van der Waals surface area contributed by atoms with E-state index in [0.29, 0.717) is 6.41 Å². The van der Waals surface area contributed by atoms with Crippen LogP contribution in [0.3, 0.4) is 0 Å². The third kappa shape index (κ3) is 1.76. The molecule has 0 fully saturated rings. The molecule has 0 aromatic carbocycles. The van der Waals surface area contributed by atoms with Crippen LogP contribution in [0, 0.1) is 0 Å². The first-order chi connectivity index (χ1) is 3.35. The van der Waals surface area contributed by atoms with Gasteiger partial charge in [0.2, 0.25) is 6.41 Å². The molecule has 38 valence electrons. The fourth-order valence-corrected chi connectivity index (χ4v) is 0.161. The lowest BCUT2D eigenvalue weighted by atomic mass is 10.8. The fourth-order valence-electron chi connectivity index (χ4n) is 0.161. The summed E-state index contributed by atoms with van der Waals surface area (Å²) in [4.78, 5) is 11.0. The van der Waals surface area contributed by atoms with E-state index in [1.165, 1.54) is 17.3 Å². The van der Waals surface area contributed by atoms with Gasteiger partial charge in [0.15, 0.2) is 0 Å². The largest absolute Gasteiger partial charge is 0.298 e. The Hall–Kier alpha value is -1.05. The van der Waals surface area contributed by atoms with Crippen LogP contribution in [-0.2, 0) is 4.79 Å². The van der Waals surface area contributed by atoms with Gasteiger partial charge in [0.05, 0.1) is 0 Å². The minimum absolute atomic E-state index is 0.625. The highest BCUT2D eigenvalue weighted by molar-refractivity contribution is 5.50. The van der Waals surface area contributed by atoms with Crippen molar-refractivity contribution in [3.8, 4) is 0 Å². The Labute approximate surface area is 42.7 Å². The lowest BCUT2D eigenvalue weighted by Crippen LogP contribution is -2.02. The van der Waals surface area contributed by atoms with Gasteiger partial charge in [0.25, 0.3) is 0 Å². The first-order valence-electron chi connectivity index (χ1n) is 1.83. The second kappa shape index (κ2) is 3.15. The Kier molecular flexibility index (Phi) is 2.68. The molecule has 0 aromatic heterocycles. The van der Waals surface area contributed by atoms with Crippen LogP contribution in [0.15, 0.2) is 25.6 Å². The lowest BCUT2D eigenvalue weighted by molar-refractivity contribution is -0.114. The first-order valence-corrected chi connectivity index (χ1v) is 1.83. The molecule has 0 N–H and O–H groups in total. The van der Waals surface area contributed by atoms with E-state index in [9.17, 15) is 4.79 Å². The average Bonchev–Trinajstić information content (AvgIpc) is 1.72. The van der Waals surface area contributed by atoms with Gasteiger partial charge in [-0.2, -0.15) is 0 Å². The number of carbonyl (C=O) groups excluding carboxylic acids is 1. The van der Waals surface area contributed by atoms with Crippen LogP contribution < -0.4 is 0 Å². The molecule has 2 heteroatoms. The SMILES string of the molecule is C=CN(C=C)C=O. The number of carbonyl (C=O) groups is 1. The molecule has 0 spiro atoms. The Balaban J connectivity index is 3.57. The lowest BCUT2D eigenvalue weighted by Gasteiger charge is -1.98. The van der Waals surface area contributed by atoms with Gasteiger partial charge < -0.3 is 0 Å². The predicted octanol–water partition coefficient (Wildman–Crippen LogP) is 0.732. The zero-order valence-corrected chi connectivity index (χ0v) is 4.00. The molecular weight excluding hydrogens is 90.1 g/mol. The molecule has 0 rings (SSSR count). The monoisotopic (exact) mass is 97.1 g/mol. The molecule has 0 saturated heterocycles. The number of rotatable bonds is 3. The van der Waals surface area contributed by atoms with Crippen LogP contribution in [0.25, 0.3) is 0 Å². The molecule has 0 saturated carbocycles. The van der Waals surface area contributed by atoms with Crippen molar-refractivity contribution in [2.24, 2.45) is 0 Å². The maximum atomic E-state index is 9.75. The van der Waals surface area contributed by atoms with Crippen molar-refractivity contribution in [2.45, 2.75) is 0 Å². The van der Waals surface area contributed by atoms with E-state index in [-0.39, 0.29) is 0 Å². The van der Waals surface area contributed by atoms with E-state index in [4.69, 9.17) is 0 Å². The summed E-state index contributed by atoms with van der Waals surface area (Å²) in [6, 6.07) is 0. The highest BCUT2D eigenvalue weighted by Gasteiger charge is 1.78. The maximum Gasteiger partial charge on any atom is 0.217 e. The summed E-state index contributed by atoms with van der Waals surface area (Å²) in [6.45, 7) is 6.65. The highest BCUT2D eigenvalue weighted by atomic mass is 16.1. The molecule has 0 aromatic rings. The average molecular weight is 97.1 g/mol. The van der Waals surface area contributed by atoms with Crippen molar-refractivity contribution in [3.63, 3.8) is 0 Å². The highest BCUT2D eigenvalue weighted by Crippen LogP contribution is 1.77. The van der Waals surface area contributed by atoms with Gasteiger partial charge in [-0.25, -0.2) is 0 Å². The molecular formula is C5H7NO. The Morgan fingerprint density at radius 1 is 1.29 bits per heavy atom. The summed E-state index contributed by atoms with van der Waals surface area (Å²) in [7, 11) is 0. The Morgan fingerprint density at radius 3 is 1.71 bits per heavy atom.